The van der Waals surface area contributed by atoms with Gasteiger partial charge in [-0.15, -0.1) is 0 Å². The second kappa shape index (κ2) is 47.0. The van der Waals surface area contributed by atoms with Gasteiger partial charge in [0, 0.05) is 6.42 Å². The van der Waals surface area contributed by atoms with Crippen LogP contribution in [-0.4, -0.2) is 34.9 Å². The maximum atomic E-state index is 12.4. The molecule has 0 aliphatic heterocycles. The molecule has 2 atom stereocenters. The molecule has 0 aromatic heterocycles. The summed E-state index contributed by atoms with van der Waals surface area (Å²) in [5.74, 6) is -0.0749. The molecule has 0 fully saturated rings. The number of amides is 1. The molecule has 0 aliphatic rings. The van der Waals surface area contributed by atoms with Crippen molar-refractivity contribution in [2.45, 2.75) is 276 Å². The van der Waals surface area contributed by atoms with Crippen molar-refractivity contribution < 1.29 is 15.0 Å². The largest absolute Gasteiger partial charge is 0.394 e. The van der Waals surface area contributed by atoms with Crippen molar-refractivity contribution in [3.05, 3.63) is 36.5 Å². The summed E-state index contributed by atoms with van der Waals surface area (Å²) in [5, 5.41) is 23.0. The molecule has 4 heteroatoms. The first-order valence-electron chi connectivity index (χ1n) is 24.7. The Balaban J connectivity index is 3.57. The lowest BCUT2D eigenvalue weighted by atomic mass is 10.0. The highest BCUT2D eigenvalue weighted by Crippen LogP contribution is 2.16. The lowest BCUT2D eigenvalue weighted by Crippen LogP contribution is -2.45. The van der Waals surface area contributed by atoms with Gasteiger partial charge >= 0.3 is 0 Å². The number of allylic oxidation sites excluding steroid dienone is 5. The monoisotopic (exact) mass is 772 g/mol. The van der Waals surface area contributed by atoms with E-state index in [1.807, 2.05) is 6.08 Å². The van der Waals surface area contributed by atoms with Crippen LogP contribution in [0.5, 0.6) is 0 Å². The van der Waals surface area contributed by atoms with Crippen molar-refractivity contribution in [1.82, 2.24) is 5.32 Å². The standard InChI is InChI=1S/C51H97NO3/c1-3-5-7-9-11-13-15-17-19-21-22-23-24-25-26-27-28-29-30-31-32-34-36-38-40-42-44-46-50(54)49(48-53)52-51(55)47-45-43-41-39-37-35-33-20-18-16-14-12-10-8-6-4-2/h30-31,36,38,44,46,49-50,53-54H,3-29,32-35,37,39-43,45,47-48H2,1-2H3,(H,52,55)/b31-30+,38-36+,46-44+. The number of aliphatic hydroxyl groups is 2. The van der Waals surface area contributed by atoms with Gasteiger partial charge < -0.3 is 15.5 Å². The number of hydrogen-bond acceptors (Lipinski definition) is 3. The van der Waals surface area contributed by atoms with E-state index >= 15 is 0 Å². The van der Waals surface area contributed by atoms with Crippen molar-refractivity contribution in [2.24, 2.45) is 0 Å². The molecule has 0 rings (SSSR count). The molecule has 0 spiro atoms. The van der Waals surface area contributed by atoms with Crippen LogP contribution >= 0.6 is 0 Å². The van der Waals surface area contributed by atoms with Gasteiger partial charge in [0.1, 0.15) is 0 Å². The molecule has 0 aromatic carbocycles. The smallest absolute Gasteiger partial charge is 0.220 e. The Morgan fingerprint density at radius 3 is 1.05 bits per heavy atom. The van der Waals surface area contributed by atoms with E-state index in [4.69, 9.17) is 0 Å². The SMILES string of the molecule is CCCCCCCCCCCCCCCCCCC/C=C/CC/C=C/CC/C=C/C(O)C(CO)NC(=O)CCCCCCCCCCCCCCCCCC. The number of aliphatic hydroxyl groups excluding tert-OH is 2. The van der Waals surface area contributed by atoms with Crippen LogP contribution in [-0.2, 0) is 4.79 Å². The summed E-state index contributed by atoms with van der Waals surface area (Å²) in [5.41, 5.74) is 0. The molecule has 0 bridgehead atoms. The zero-order valence-electron chi connectivity index (χ0n) is 37.2. The minimum Gasteiger partial charge on any atom is -0.394 e. The van der Waals surface area contributed by atoms with Crippen LogP contribution in [0.3, 0.4) is 0 Å². The Bertz CT molecular complexity index is 836. The molecular weight excluding hydrogens is 675 g/mol. The Morgan fingerprint density at radius 2 is 0.709 bits per heavy atom. The summed E-state index contributed by atoms with van der Waals surface area (Å²) < 4.78 is 0. The maximum Gasteiger partial charge on any atom is 0.220 e. The van der Waals surface area contributed by atoms with Crippen molar-refractivity contribution in [2.75, 3.05) is 6.61 Å². The quantitative estimate of drug-likeness (QED) is 0.0426. The molecule has 2 unspecified atom stereocenters. The zero-order valence-corrected chi connectivity index (χ0v) is 37.2. The molecule has 0 saturated carbocycles. The molecular formula is C51H97NO3. The molecule has 0 saturated heterocycles. The summed E-state index contributed by atoms with van der Waals surface area (Å²) in [6, 6.07) is -0.642. The Morgan fingerprint density at radius 1 is 0.418 bits per heavy atom. The summed E-state index contributed by atoms with van der Waals surface area (Å²) >= 11 is 0. The van der Waals surface area contributed by atoms with Gasteiger partial charge in [-0.2, -0.15) is 0 Å². The van der Waals surface area contributed by atoms with Crippen molar-refractivity contribution in [1.29, 1.82) is 0 Å². The van der Waals surface area contributed by atoms with Gasteiger partial charge in [0.2, 0.25) is 5.91 Å². The number of nitrogens with one attached hydrogen (secondary N) is 1. The van der Waals surface area contributed by atoms with E-state index in [-0.39, 0.29) is 12.5 Å². The van der Waals surface area contributed by atoms with Crippen molar-refractivity contribution in [3.63, 3.8) is 0 Å². The van der Waals surface area contributed by atoms with Gasteiger partial charge in [-0.25, -0.2) is 0 Å². The van der Waals surface area contributed by atoms with Crippen LogP contribution in [0.4, 0.5) is 0 Å². The molecule has 324 valence electrons. The molecule has 55 heavy (non-hydrogen) atoms. The second-order valence-corrected chi connectivity index (χ2v) is 16.9. The third-order valence-corrected chi connectivity index (χ3v) is 11.4. The molecule has 0 aromatic rings. The van der Waals surface area contributed by atoms with E-state index in [0.29, 0.717) is 6.42 Å². The molecule has 0 radical (unpaired) electrons. The molecule has 4 nitrogen and oxygen atoms in total. The van der Waals surface area contributed by atoms with Crippen LogP contribution in [0.2, 0.25) is 0 Å². The first kappa shape index (κ1) is 53.6. The van der Waals surface area contributed by atoms with E-state index in [1.54, 1.807) is 6.08 Å². The van der Waals surface area contributed by atoms with Crippen LogP contribution in [0.1, 0.15) is 264 Å². The third kappa shape index (κ3) is 43.6. The fourth-order valence-electron chi connectivity index (χ4n) is 7.56. The summed E-state index contributed by atoms with van der Waals surface area (Å²) in [6.07, 6.45) is 62.8. The van der Waals surface area contributed by atoms with E-state index < -0.39 is 12.1 Å². The molecule has 0 heterocycles. The lowest BCUT2D eigenvalue weighted by molar-refractivity contribution is -0.123. The number of unbranched alkanes of at least 4 members (excludes halogenated alkanes) is 34. The average Bonchev–Trinajstić information content (AvgIpc) is 3.19. The number of carbonyl (C=O) groups is 1. The van der Waals surface area contributed by atoms with E-state index in [1.165, 1.54) is 205 Å². The fourth-order valence-corrected chi connectivity index (χ4v) is 7.56. The number of rotatable bonds is 45. The highest BCUT2D eigenvalue weighted by atomic mass is 16.3. The third-order valence-electron chi connectivity index (χ3n) is 11.4. The van der Waals surface area contributed by atoms with Crippen molar-refractivity contribution >= 4 is 5.91 Å². The van der Waals surface area contributed by atoms with Gasteiger partial charge in [-0.05, 0) is 44.9 Å². The van der Waals surface area contributed by atoms with Crippen LogP contribution in [0.15, 0.2) is 36.5 Å². The van der Waals surface area contributed by atoms with Crippen LogP contribution in [0.25, 0.3) is 0 Å². The van der Waals surface area contributed by atoms with E-state index in [0.717, 1.165) is 38.5 Å². The van der Waals surface area contributed by atoms with Gasteiger partial charge in [0.05, 0.1) is 18.8 Å². The fraction of sp³-hybridized carbons (Fsp3) is 0.863. The van der Waals surface area contributed by atoms with Crippen molar-refractivity contribution in [3.8, 4) is 0 Å². The zero-order chi connectivity index (χ0) is 40.0. The minimum atomic E-state index is -0.868. The van der Waals surface area contributed by atoms with E-state index in [9.17, 15) is 15.0 Å². The summed E-state index contributed by atoms with van der Waals surface area (Å²) in [4.78, 5) is 12.4. The Hall–Kier alpha value is -1.39. The highest BCUT2D eigenvalue weighted by Gasteiger charge is 2.17. The average molecular weight is 772 g/mol. The lowest BCUT2D eigenvalue weighted by Gasteiger charge is -2.19. The summed E-state index contributed by atoms with van der Waals surface area (Å²) in [7, 11) is 0. The van der Waals surface area contributed by atoms with Crippen LogP contribution < -0.4 is 5.32 Å². The Labute approximate surface area is 344 Å². The molecule has 1 amide bonds. The first-order chi connectivity index (χ1) is 27.2. The predicted octanol–water partition coefficient (Wildman–Crippen LogP) is 15.7. The van der Waals surface area contributed by atoms with Gasteiger partial charge in [0.15, 0.2) is 0 Å². The van der Waals surface area contributed by atoms with Gasteiger partial charge in [-0.1, -0.05) is 249 Å². The number of hydrogen-bond donors (Lipinski definition) is 3. The number of carbonyl (C=O) groups excluding carboxylic acids is 1. The highest BCUT2D eigenvalue weighted by molar-refractivity contribution is 5.76. The molecule has 3 N–H and O–H groups in total. The summed E-state index contributed by atoms with van der Waals surface area (Å²) in [6.45, 7) is 4.31. The van der Waals surface area contributed by atoms with E-state index in [2.05, 4.69) is 43.5 Å². The topological polar surface area (TPSA) is 69.6 Å². The maximum absolute atomic E-state index is 12.4. The minimum absolute atomic E-state index is 0.0749. The van der Waals surface area contributed by atoms with Crippen LogP contribution in [0, 0.1) is 0 Å². The molecule has 0 aliphatic carbocycles. The van der Waals surface area contributed by atoms with Gasteiger partial charge in [-0.3, -0.25) is 4.79 Å². The first-order valence-corrected chi connectivity index (χ1v) is 24.7. The normalized spacial score (nSPS) is 13.2. The van der Waals surface area contributed by atoms with Gasteiger partial charge in [0.25, 0.3) is 0 Å². The predicted molar refractivity (Wildman–Crippen MR) is 244 cm³/mol. The second-order valence-electron chi connectivity index (χ2n) is 16.9. The Kier molecular flexibility index (Phi) is 45.8.